The first-order chi connectivity index (χ1) is 11.3. The standard InChI is InChI=1S/C20H23NO2/c1-3-4-13-22-18-7-9-19-16(14-18)11-12-21-20(19)10-8-17-6-5-15(2)23-17/h5-10,14H,3-4,11-13H2,1-2H3/b10-8+. The fourth-order valence-electron chi connectivity index (χ4n) is 2.68. The number of hydrogen-bond acceptors (Lipinski definition) is 3. The largest absolute Gasteiger partial charge is 0.494 e. The third-order valence-electron chi connectivity index (χ3n) is 3.95. The van der Waals surface area contributed by atoms with Crippen molar-refractivity contribution in [1.29, 1.82) is 0 Å². The number of benzene rings is 1. The van der Waals surface area contributed by atoms with E-state index < -0.39 is 0 Å². The van der Waals surface area contributed by atoms with Gasteiger partial charge < -0.3 is 9.15 Å². The number of furan rings is 1. The van der Waals surface area contributed by atoms with E-state index in [0.717, 1.165) is 55.4 Å². The quantitative estimate of drug-likeness (QED) is 0.717. The smallest absolute Gasteiger partial charge is 0.127 e. The number of allylic oxidation sites excluding steroid dienone is 1. The summed E-state index contributed by atoms with van der Waals surface area (Å²) < 4.78 is 11.4. The Morgan fingerprint density at radius 1 is 1.22 bits per heavy atom. The molecule has 0 saturated carbocycles. The molecule has 0 spiro atoms. The molecule has 2 aromatic rings. The highest BCUT2D eigenvalue weighted by molar-refractivity contribution is 6.12. The first kappa shape index (κ1) is 15.6. The fourth-order valence-corrected chi connectivity index (χ4v) is 2.68. The molecular formula is C20H23NO2. The van der Waals surface area contributed by atoms with Crippen LogP contribution in [-0.2, 0) is 6.42 Å². The molecule has 3 rings (SSSR count). The number of aliphatic imine (C=N–C) groups is 1. The van der Waals surface area contributed by atoms with Crippen molar-refractivity contribution >= 4 is 11.8 Å². The minimum atomic E-state index is 0.786. The zero-order valence-corrected chi connectivity index (χ0v) is 13.8. The van der Waals surface area contributed by atoms with E-state index in [0.29, 0.717) is 0 Å². The van der Waals surface area contributed by atoms with Crippen molar-refractivity contribution in [3.63, 3.8) is 0 Å². The van der Waals surface area contributed by atoms with Gasteiger partial charge in [-0.1, -0.05) is 13.3 Å². The van der Waals surface area contributed by atoms with Crippen LogP contribution in [0.3, 0.4) is 0 Å². The van der Waals surface area contributed by atoms with Gasteiger partial charge in [-0.3, -0.25) is 4.99 Å². The van der Waals surface area contributed by atoms with Crippen LogP contribution in [-0.4, -0.2) is 18.9 Å². The summed E-state index contributed by atoms with van der Waals surface area (Å²) in [4.78, 5) is 4.65. The van der Waals surface area contributed by atoms with Gasteiger partial charge in [-0.15, -0.1) is 0 Å². The van der Waals surface area contributed by atoms with Crippen LogP contribution >= 0.6 is 0 Å². The van der Waals surface area contributed by atoms with Crippen LogP contribution in [0.1, 0.15) is 42.4 Å². The molecule has 2 heterocycles. The molecule has 23 heavy (non-hydrogen) atoms. The van der Waals surface area contributed by atoms with Gasteiger partial charge in [0.1, 0.15) is 17.3 Å². The monoisotopic (exact) mass is 309 g/mol. The van der Waals surface area contributed by atoms with E-state index in [1.165, 1.54) is 11.1 Å². The molecule has 0 atom stereocenters. The third kappa shape index (κ3) is 3.92. The SMILES string of the molecule is CCCCOc1ccc2c(c1)CCN=C2/C=C/c1ccc(C)o1. The van der Waals surface area contributed by atoms with E-state index in [2.05, 4.69) is 24.0 Å². The van der Waals surface area contributed by atoms with Crippen LogP contribution in [0.25, 0.3) is 6.08 Å². The molecule has 0 aliphatic carbocycles. The van der Waals surface area contributed by atoms with Crippen LogP contribution < -0.4 is 4.74 Å². The number of aryl methyl sites for hydroxylation is 1. The second kappa shape index (κ2) is 7.32. The first-order valence-corrected chi connectivity index (χ1v) is 8.31. The van der Waals surface area contributed by atoms with Gasteiger partial charge in [0.2, 0.25) is 0 Å². The van der Waals surface area contributed by atoms with Crippen molar-refractivity contribution in [1.82, 2.24) is 0 Å². The first-order valence-electron chi connectivity index (χ1n) is 8.31. The lowest BCUT2D eigenvalue weighted by Crippen LogP contribution is -2.11. The van der Waals surface area contributed by atoms with Gasteiger partial charge in [-0.2, -0.15) is 0 Å². The summed E-state index contributed by atoms with van der Waals surface area (Å²) in [6, 6.07) is 10.3. The van der Waals surface area contributed by atoms with E-state index in [1.807, 2.05) is 37.3 Å². The Morgan fingerprint density at radius 3 is 2.91 bits per heavy atom. The van der Waals surface area contributed by atoms with Gasteiger partial charge in [0.15, 0.2) is 0 Å². The van der Waals surface area contributed by atoms with Crippen LogP contribution in [0.2, 0.25) is 0 Å². The zero-order chi connectivity index (χ0) is 16.1. The molecule has 0 amide bonds. The molecule has 120 valence electrons. The van der Waals surface area contributed by atoms with Crippen molar-refractivity contribution < 1.29 is 9.15 Å². The molecule has 3 heteroatoms. The second-order valence-corrected chi connectivity index (χ2v) is 5.82. The van der Waals surface area contributed by atoms with E-state index in [9.17, 15) is 0 Å². The van der Waals surface area contributed by atoms with Gasteiger partial charge in [0.25, 0.3) is 0 Å². The molecule has 0 bridgehead atoms. The van der Waals surface area contributed by atoms with E-state index in [4.69, 9.17) is 9.15 Å². The molecule has 1 aliphatic rings. The Hall–Kier alpha value is -2.29. The predicted octanol–water partition coefficient (Wildman–Crippen LogP) is 4.83. The Balaban J connectivity index is 1.75. The maximum atomic E-state index is 5.81. The van der Waals surface area contributed by atoms with Gasteiger partial charge in [0.05, 0.1) is 12.3 Å². The van der Waals surface area contributed by atoms with E-state index in [-0.39, 0.29) is 0 Å². The summed E-state index contributed by atoms with van der Waals surface area (Å²) in [5.74, 6) is 2.74. The van der Waals surface area contributed by atoms with E-state index in [1.54, 1.807) is 0 Å². The number of rotatable bonds is 6. The molecule has 1 aromatic heterocycles. The van der Waals surface area contributed by atoms with Gasteiger partial charge in [-0.25, -0.2) is 0 Å². The number of nitrogens with zero attached hydrogens (tertiary/aromatic N) is 1. The Kier molecular flexibility index (Phi) is 4.96. The van der Waals surface area contributed by atoms with Crippen molar-refractivity contribution in [2.24, 2.45) is 4.99 Å². The molecule has 0 saturated heterocycles. The summed E-state index contributed by atoms with van der Waals surface area (Å²) in [7, 11) is 0. The number of unbranched alkanes of at least 4 members (excludes halogenated alkanes) is 1. The maximum absolute atomic E-state index is 5.81. The maximum Gasteiger partial charge on any atom is 0.127 e. The topological polar surface area (TPSA) is 34.7 Å². The van der Waals surface area contributed by atoms with Gasteiger partial charge >= 0.3 is 0 Å². The zero-order valence-electron chi connectivity index (χ0n) is 13.8. The number of ether oxygens (including phenoxy) is 1. The lowest BCUT2D eigenvalue weighted by Gasteiger charge is -2.16. The third-order valence-corrected chi connectivity index (χ3v) is 3.95. The molecule has 1 aliphatic heterocycles. The highest BCUT2D eigenvalue weighted by Gasteiger charge is 2.13. The van der Waals surface area contributed by atoms with Crippen molar-refractivity contribution in [3.8, 4) is 5.75 Å². The highest BCUT2D eigenvalue weighted by atomic mass is 16.5. The Bertz CT molecular complexity index is 725. The summed E-state index contributed by atoms with van der Waals surface area (Å²) in [5, 5.41) is 0. The van der Waals surface area contributed by atoms with Crippen LogP contribution in [0.15, 0.2) is 45.8 Å². The lowest BCUT2D eigenvalue weighted by atomic mass is 9.97. The number of fused-ring (bicyclic) bond motifs is 1. The summed E-state index contributed by atoms with van der Waals surface area (Å²) in [5.41, 5.74) is 3.52. The van der Waals surface area contributed by atoms with Crippen molar-refractivity contribution in [2.75, 3.05) is 13.2 Å². The molecule has 0 radical (unpaired) electrons. The van der Waals surface area contributed by atoms with Gasteiger partial charge in [-0.05, 0) is 67.8 Å². The summed E-state index contributed by atoms with van der Waals surface area (Å²) >= 11 is 0. The normalized spacial score (nSPS) is 13.9. The van der Waals surface area contributed by atoms with Crippen LogP contribution in [0.4, 0.5) is 0 Å². The Morgan fingerprint density at radius 2 is 2.13 bits per heavy atom. The Labute approximate surface area is 137 Å². The highest BCUT2D eigenvalue weighted by Crippen LogP contribution is 2.23. The molecular weight excluding hydrogens is 286 g/mol. The molecule has 0 fully saturated rings. The van der Waals surface area contributed by atoms with E-state index >= 15 is 0 Å². The molecule has 0 N–H and O–H groups in total. The number of hydrogen-bond donors (Lipinski definition) is 0. The average molecular weight is 309 g/mol. The van der Waals surface area contributed by atoms with Crippen LogP contribution in [0, 0.1) is 6.92 Å². The summed E-state index contributed by atoms with van der Waals surface area (Å²) in [6.45, 7) is 5.73. The summed E-state index contributed by atoms with van der Waals surface area (Å²) in [6.07, 6.45) is 7.23. The van der Waals surface area contributed by atoms with Crippen molar-refractivity contribution in [3.05, 3.63) is 59.1 Å². The average Bonchev–Trinajstić information content (AvgIpc) is 2.98. The molecule has 1 aromatic carbocycles. The lowest BCUT2D eigenvalue weighted by molar-refractivity contribution is 0.309. The fraction of sp³-hybridized carbons (Fsp3) is 0.350. The predicted molar refractivity (Wildman–Crippen MR) is 94.4 cm³/mol. The second-order valence-electron chi connectivity index (χ2n) is 5.82. The minimum absolute atomic E-state index is 0.786. The molecule has 0 unspecified atom stereocenters. The van der Waals surface area contributed by atoms with Gasteiger partial charge in [0, 0.05) is 12.1 Å². The van der Waals surface area contributed by atoms with Crippen LogP contribution in [0.5, 0.6) is 5.75 Å². The van der Waals surface area contributed by atoms with Crippen molar-refractivity contribution in [2.45, 2.75) is 33.1 Å². The minimum Gasteiger partial charge on any atom is -0.494 e. The molecule has 3 nitrogen and oxygen atoms in total.